The zero-order valence-corrected chi connectivity index (χ0v) is 17.9. The second-order valence-corrected chi connectivity index (χ2v) is 10.5. The standard InChI is InChI=1S/C25H21O3PS/c26-29(27-23-17-9-3-10-18-23,28-24-19-11-4-12-20-24)30-25(21-13-5-1-6-14-21)22-15-7-2-8-16-22/h1-20,25H. The van der Waals surface area contributed by atoms with Crippen LogP contribution in [0.1, 0.15) is 16.4 Å². The van der Waals surface area contributed by atoms with E-state index in [1.54, 1.807) is 24.3 Å². The first-order valence-electron chi connectivity index (χ1n) is 9.59. The Balaban J connectivity index is 1.71. The first-order chi connectivity index (χ1) is 14.7. The molecule has 0 bridgehead atoms. The van der Waals surface area contributed by atoms with Crippen molar-refractivity contribution < 1.29 is 13.6 Å². The van der Waals surface area contributed by atoms with Gasteiger partial charge in [0.25, 0.3) is 0 Å². The molecule has 150 valence electrons. The topological polar surface area (TPSA) is 35.5 Å². The van der Waals surface area contributed by atoms with Gasteiger partial charge in [0, 0.05) is 0 Å². The summed E-state index contributed by atoms with van der Waals surface area (Å²) in [6.45, 7) is -3.63. The summed E-state index contributed by atoms with van der Waals surface area (Å²) in [5, 5.41) is -0.217. The summed E-state index contributed by atoms with van der Waals surface area (Å²) in [6, 6.07) is 38.2. The van der Waals surface area contributed by atoms with Crippen molar-refractivity contribution in [1.29, 1.82) is 0 Å². The van der Waals surface area contributed by atoms with E-state index < -0.39 is 6.80 Å². The van der Waals surface area contributed by atoms with Crippen molar-refractivity contribution in [2.45, 2.75) is 5.25 Å². The Hall–Kier alpha value is -2.94. The molecular formula is C25H21O3PS. The summed E-state index contributed by atoms with van der Waals surface area (Å²) in [6.07, 6.45) is 0. The van der Waals surface area contributed by atoms with Crippen molar-refractivity contribution in [3.05, 3.63) is 132 Å². The summed E-state index contributed by atoms with van der Waals surface area (Å²) in [7, 11) is 0. The van der Waals surface area contributed by atoms with Crippen LogP contribution in [0.4, 0.5) is 0 Å². The van der Waals surface area contributed by atoms with Crippen molar-refractivity contribution in [2.24, 2.45) is 0 Å². The predicted octanol–water partition coefficient (Wildman–Crippen LogP) is 7.78. The van der Waals surface area contributed by atoms with Crippen molar-refractivity contribution in [3.63, 3.8) is 0 Å². The molecule has 0 heterocycles. The lowest BCUT2D eigenvalue weighted by Crippen LogP contribution is -2.03. The Bertz CT molecular complexity index is 1010. The largest absolute Gasteiger partial charge is 0.493 e. The van der Waals surface area contributed by atoms with Gasteiger partial charge in [0.05, 0.1) is 5.25 Å². The number of benzene rings is 4. The molecule has 5 heteroatoms. The molecule has 4 aromatic carbocycles. The average Bonchev–Trinajstić information content (AvgIpc) is 2.80. The maximum absolute atomic E-state index is 14.0. The third-order valence-corrected chi connectivity index (χ3v) is 8.10. The van der Waals surface area contributed by atoms with Crippen LogP contribution in [0.15, 0.2) is 121 Å². The summed E-state index contributed by atoms with van der Waals surface area (Å²) in [5.41, 5.74) is 2.06. The quantitative estimate of drug-likeness (QED) is 0.266. The molecule has 30 heavy (non-hydrogen) atoms. The molecule has 4 aromatic rings. The molecular weight excluding hydrogens is 411 g/mol. The van der Waals surface area contributed by atoms with E-state index in [1.165, 1.54) is 11.4 Å². The smallest absolute Gasteiger partial charge is 0.408 e. The maximum Gasteiger partial charge on any atom is 0.493 e. The Morgan fingerprint density at radius 1 is 0.533 bits per heavy atom. The third kappa shape index (κ3) is 5.35. The summed E-state index contributed by atoms with van der Waals surface area (Å²) < 4.78 is 26.0. The molecule has 0 fully saturated rings. The van der Waals surface area contributed by atoms with Crippen LogP contribution in [0.5, 0.6) is 11.5 Å². The molecule has 0 aliphatic carbocycles. The lowest BCUT2D eigenvalue weighted by molar-refractivity contribution is 0.408. The first-order valence-corrected chi connectivity index (χ1v) is 12.6. The van der Waals surface area contributed by atoms with Gasteiger partial charge in [0.15, 0.2) is 0 Å². The minimum atomic E-state index is -3.63. The zero-order valence-electron chi connectivity index (χ0n) is 16.2. The second-order valence-electron chi connectivity index (χ2n) is 6.56. The van der Waals surface area contributed by atoms with Crippen LogP contribution >= 0.6 is 18.2 Å². The fourth-order valence-corrected chi connectivity index (χ4v) is 6.96. The van der Waals surface area contributed by atoms with Gasteiger partial charge in [-0.15, -0.1) is 0 Å². The lowest BCUT2D eigenvalue weighted by atomic mass is 10.0. The monoisotopic (exact) mass is 432 g/mol. The van der Waals surface area contributed by atoms with E-state index in [1.807, 2.05) is 97.1 Å². The van der Waals surface area contributed by atoms with Crippen LogP contribution in [0.3, 0.4) is 0 Å². The SMILES string of the molecule is O=P(Oc1ccccc1)(Oc1ccccc1)SC(c1ccccc1)c1ccccc1. The first kappa shape index (κ1) is 20.3. The van der Waals surface area contributed by atoms with Gasteiger partial charge in [-0.1, -0.05) is 97.1 Å². The number of rotatable bonds is 8. The maximum atomic E-state index is 14.0. The molecule has 0 radical (unpaired) electrons. The highest BCUT2D eigenvalue weighted by Crippen LogP contribution is 2.65. The van der Waals surface area contributed by atoms with Crippen LogP contribution in [-0.2, 0) is 4.57 Å². The van der Waals surface area contributed by atoms with Crippen molar-refractivity contribution in [2.75, 3.05) is 0 Å². The van der Waals surface area contributed by atoms with E-state index in [4.69, 9.17) is 9.05 Å². The van der Waals surface area contributed by atoms with Gasteiger partial charge in [0.1, 0.15) is 11.5 Å². The van der Waals surface area contributed by atoms with Crippen LogP contribution in [0.2, 0.25) is 0 Å². The van der Waals surface area contributed by atoms with Crippen LogP contribution in [-0.4, -0.2) is 0 Å². The van der Waals surface area contributed by atoms with Crippen LogP contribution < -0.4 is 9.05 Å². The normalized spacial score (nSPS) is 11.2. The Labute approximate surface area is 181 Å². The fraction of sp³-hybridized carbons (Fsp3) is 0.0400. The fourth-order valence-electron chi connectivity index (χ4n) is 2.98. The molecule has 0 N–H and O–H groups in total. The van der Waals surface area contributed by atoms with Crippen molar-refractivity contribution in [3.8, 4) is 11.5 Å². The van der Waals surface area contributed by atoms with E-state index >= 15 is 0 Å². The summed E-state index contributed by atoms with van der Waals surface area (Å²) >= 11 is 1.20. The van der Waals surface area contributed by atoms with Crippen LogP contribution in [0.25, 0.3) is 0 Å². The second kappa shape index (κ2) is 9.71. The Morgan fingerprint density at radius 2 is 0.867 bits per heavy atom. The molecule has 0 amide bonds. The van der Waals surface area contributed by atoms with Gasteiger partial charge < -0.3 is 9.05 Å². The van der Waals surface area contributed by atoms with E-state index in [-0.39, 0.29) is 5.25 Å². The molecule has 0 unspecified atom stereocenters. The van der Waals surface area contributed by atoms with Gasteiger partial charge in [-0.25, -0.2) is 4.57 Å². The number of para-hydroxylation sites is 2. The third-order valence-electron chi connectivity index (χ3n) is 4.36. The van der Waals surface area contributed by atoms with E-state index in [0.717, 1.165) is 11.1 Å². The molecule has 0 aromatic heterocycles. The summed E-state index contributed by atoms with van der Waals surface area (Å²) in [5.74, 6) is 1.01. The minimum absolute atomic E-state index is 0.217. The minimum Gasteiger partial charge on any atom is -0.408 e. The zero-order chi connectivity index (χ0) is 20.7. The molecule has 0 spiro atoms. The number of hydrogen-bond donors (Lipinski definition) is 0. The lowest BCUT2D eigenvalue weighted by Gasteiger charge is -2.24. The average molecular weight is 432 g/mol. The number of hydrogen-bond acceptors (Lipinski definition) is 4. The van der Waals surface area contributed by atoms with Gasteiger partial charge in [-0.3, -0.25) is 0 Å². The molecule has 0 atom stereocenters. The van der Waals surface area contributed by atoms with Gasteiger partial charge >= 0.3 is 6.80 Å². The predicted molar refractivity (Wildman–Crippen MR) is 124 cm³/mol. The molecule has 3 nitrogen and oxygen atoms in total. The van der Waals surface area contributed by atoms with E-state index in [0.29, 0.717) is 11.5 Å². The van der Waals surface area contributed by atoms with Crippen molar-refractivity contribution in [1.82, 2.24) is 0 Å². The molecule has 0 saturated carbocycles. The summed E-state index contributed by atoms with van der Waals surface area (Å²) in [4.78, 5) is 0. The van der Waals surface area contributed by atoms with Gasteiger partial charge in [-0.05, 0) is 46.8 Å². The van der Waals surface area contributed by atoms with E-state index in [2.05, 4.69) is 0 Å². The van der Waals surface area contributed by atoms with Gasteiger partial charge in [-0.2, -0.15) is 0 Å². The Morgan fingerprint density at radius 3 is 1.23 bits per heavy atom. The molecule has 4 rings (SSSR count). The molecule has 0 aliphatic heterocycles. The van der Waals surface area contributed by atoms with E-state index in [9.17, 15) is 4.57 Å². The highest BCUT2D eigenvalue weighted by molar-refractivity contribution is 8.55. The molecule has 0 aliphatic rings. The van der Waals surface area contributed by atoms with Gasteiger partial charge in [0.2, 0.25) is 0 Å². The molecule has 0 saturated heterocycles. The highest BCUT2D eigenvalue weighted by atomic mass is 32.7. The highest BCUT2D eigenvalue weighted by Gasteiger charge is 2.35. The van der Waals surface area contributed by atoms with Crippen LogP contribution in [0, 0.1) is 0 Å². The van der Waals surface area contributed by atoms with Crippen molar-refractivity contribution >= 4 is 18.2 Å². The Kier molecular flexibility index (Phi) is 6.58.